The van der Waals surface area contributed by atoms with Gasteiger partial charge in [-0.2, -0.15) is 0 Å². The molecule has 0 spiro atoms. The Morgan fingerprint density at radius 2 is 1.73 bits per heavy atom. The van der Waals surface area contributed by atoms with Crippen LogP contribution in [0.5, 0.6) is 0 Å². The number of carbonyl (C=O) groups is 2. The summed E-state index contributed by atoms with van der Waals surface area (Å²) in [6.07, 6.45) is 2.39. The number of hydrogen-bond acceptors (Lipinski definition) is 5. The number of nitrogens with one attached hydrogen (secondary N) is 2. The van der Waals surface area contributed by atoms with Crippen LogP contribution in [-0.4, -0.2) is 34.3 Å². The van der Waals surface area contributed by atoms with Gasteiger partial charge in [0.15, 0.2) is 5.13 Å². The summed E-state index contributed by atoms with van der Waals surface area (Å²) in [4.78, 5) is 31.5. The van der Waals surface area contributed by atoms with Crippen LogP contribution in [0.2, 0.25) is 0 Å². The molecule has 2 aromatic carbocycles. The van der Waals surface area contributed by atoms with E-state index in [0.29, 0.717) is 30.0 Å². The third-order valence-electron chi connectivity index (χ3n) is 4.80. The lowest BCUT2D eigenvalue weighted by molar-refractivity contribution is -0.121. The molecule has 0 saturated heterocycles. The molecule has 2 N–H and O–H groups in total. The molecule has 0 aliphatic heterocycles. The Bertz CT molecular complexity index is 987. The number of benzene rings is 2. The highest BCUT2D eigenvalue weighted by Crippen LogP contribution is 2.22. The monoisotopic (exact) mass is 420 g/mol. The molecule has 7 heteroatoms. The Labute approximate surface area is 180 Å². The van der Waals surface area contributed by atoms with Crippen LogP contribution in [0.25, 0.3) is 0 Å². The number of carbonyl (C=O) groups excluding carboxylic acids is 2. The summed E-state index contributed by atoms with van der Waals surface area (Å²) in [5.41, 5.74) is 2.33. The molecule has 3 aromatic rings. The van der Waals surface area contributed by atoms with Crippen LogP contribution >= 0.6 is 11.3 Å². The van der Waals surface area contributed by atoms with Crippen molar-refractivity contribution in [2.75, 3.05) is 11.9 Å². The van der Waals surface area contributed by atoms with Crippen LogP contribution in [0.1, 0.15) is 35.3 Å². The fourth-order valence-electron chi connectivity index (χ4n) is 3.06. The highest BCUT2D eigenvalue weighted by atomic mass is 32.1. The maximum atomic E-state index is 13.2. The zero-order valence-electron chi connectivity index (χ0n) is 16.6. The van der Waals surface area contributed by atoms with Gasteiger partial charge in [-0.1, -0.05) is 48.5 Å². The normalized spacial score (nSPS) is 12.9. The fraction of sp³-hybridized carbons (Fsp3) is 0.261. The van der Waals surface area contributed by atoms with Crippen LogP contribution in [0.4, 0.5) is 10.8 Å². The van der Waals surface area contributed by atoms with Crippen LogP contribution in [0.15, 0.2) is 66.0 Å². The fourth-order valence-corrected chi connectivity index (χ4v) is 3.76. The van der Waals surface area contributed by atoms with E-state index in [-0.39, 0.29) is 18.2 Å². The molecule has 6 nitrogen and oxygen atoms in total. The molecule has 1 aliphatic rings. The Morgan fingerprint density at radius 3 is 2.43 bits per heavy atom. The maximum absolute atomic E-state index is 13.2. The van der Waals surface area contributed by atoms with Gasteiger partial charge >= 0.3 is 0 Å². The van der Waals surface area contributed by atoms with E-state index in [9.17, 15) is 9.59 Å². The van der Waals surface area contributed by atoms with E-state index < -0.39 is 0 Å². The van der Waals surface area contributed by atoms with Crippen molar-refractivity contribution in [3.63, 3.8) is 0 Å². The van der Waals surface area contributed by atoms with E-state index in [1.54, 1.807) is 10.3 Å². The van der Waals surface area contributed by atoms with E-state index in [4.69, 9.17) is 0 Å². The predicted molar refractivity (Wildman–Crippen MR) is 119 cm³/mol. The standard InChI is InChI=1S/C23H24N4O2S/c28-21(24-19-11-12-19)13-14-27(15-17-7-3-1-4-8-17)22(29)20-16-30-23(26-20)25-18-9-5-2-6-10-18/h1-10,16,19H,11-15H2,(H,24,28)(H,25,26). The van der Waals surface area contributed by atoms with Gasteiger partial charge < -0.3 is 15.5 Å². The van der Waals surface area contributed by atoms with Gasteiger partial charge in [0, 0.05) is 36.6 Å². The molecule has 0 bridgehead atoms. The minimum Gasteiger partial charge on any atom is -0.353 e. The molecule has 1 aliphatic carbocycles. The van der Waals surface area contributed by atoms with Crippen LogP contribution in [0, 0.1) is 0 Å². The molecule has 2 amide bonds. The average Bonchev–Trinajstić information content (AvgIpc) is 3.46. The van der Waals surface area contributed by atoms with Gasteiger partial charge in [-0.15, -0.1) is 11.3 Å². The zero-order valence-corrected chi connectivity index (χ0v) is 17.4. The van der Waals surface area contributed by atoms with Gasteiger partial charge in [-0.05, 0) is 30.5 Å². The molecule has 1 fully saturated rings. The molecule has 154 valence electrons. The second-order valence-electron chi connectivity index (χ2n) is 7.33. The minimum absolute atomic E-state index is 0.00641. The lowest BCUT2D eigenvalue weighted by atomic mass is 10.2. The summed E-state index contributed by atoms with van der Waals surface area (Å²) < 4.78 is 0. The molecule has 4 rings (SSSR count). The van der Waals surface area contributed by atoms with Crippen molar-refractivity contribution in [2.45, 2.75) is 31.8 Å². The molecular weight excluding hydrogens is 396 g/mol. The van der Waals surface area contributed by atoms with E-state index in [1.165, 1.54) is 11.3 Å². The molecule has 1 aromatic heterocycles. The first-order chi connectivity index (χ1) is 14.7. The molecule has 0 unspecified atom stereocenters. The molecule has 0 atom stereocenters. The summed E-state index contributed by atoms with van der Waals surface area (Å²) in [5.74, 6) is -0.177. The SMILES string of the molecule is O=C(CCN(Cc1ccccc1)C(=O)c1csc(Nc2ccccc2)n1)NC1CC1. The van der Waals surface area contributed by atoms with Crippen molar-refractivity contribution in [1.29, 1.82) is 0 Å². The number of para-hydroxylation sites is 1. The lowest BCUT2D eigenvalue weighted by Crippen LogP contribution is -2.35. The van der Waals surface area contributed by atoms with Gasteiger partial charge in [0.05, 0.1) is 0 Å². The smallest absolute Gasteiger partial charge is 0.273 e. The van der Waals surface area contributed by atoms with Crippen molar-refractivity contribution in [3.05, 3.63) is 77.3 Å². The zero-order chi connectivity index (χ0) is 20.8. The predicted octanol–water partition coefficient (Wildman–Crippen LogP) is 4.20. The topological polar surface area (TPSA) is 74.3 Å². The second-order valence-corrected chi connectivity index (χ2v) is 8.19. The Hall–Kier alpha value is -3.19. The summed E-state index contributed by atoms with van der Waals surface area (Å²) in [6, 6.07) is 19.8. The minimum atomic E-state index is -0.171. The summed E-state index contributed by atoms with van der Waals surface area (Å²) >= 11 is 1.39. The number of amides is 2. The Morgan fingerprint density at radius 1 is 1.03 bits per heavy atom. The molecule has 30 heavy (non-hydrogen) atoms. The van der Waals surface area contributed by atoms with Gasteiger partial charge in [0.2, 0.25) is 5.91 Å². The highest BCUT2D eigenvalue weighted by Gasteiger charge is 2.24. The summed E-state index contributed by atoms with van der Waals surface area (Å²) in [6.45, 7) is 0.792. The van der Waals surface area contributed by atoms with E-state index >= 15 is 0 Å². The lowest BCUT2D eigenvalue weighted by Gasteiger charge is -2.22. The van der Waals surface area contributed by atoms with Gasteiger partial charge in [-0.3, -0.25) is 9.59 Å². The second kappa shape index (κ2) is 9.54. The molecule has 1 heterocycles. The number of rotatable bonds is 9. The maximum Gasteiger partial charge on any atom is 0.273 e. The Balaban J connectivity index is 1.44. The largest absolute Gasteiger partial charge is 0.353 e. The first-order valence-corrected chi connectivity index (χ1v) is 11.0. The summed E-state index contributed by atoms with van der Waals surface area (Å²) in [5, 5.41) is 8.62. The van der Waals surface area contributed by atoms with Crippen LogP contribution in [-0.2, 0) is 11.3 Å². The van der Waals surface area contributed by atoms with Crippen molar-refractivity contribution >= 4 is 34.0 Å². The van der Waals surface area contributed by atoms with Gasteiger partial charge in [0.25, 0.3) is 5.91 Å². The Kier molecular flexibility index (Phi) is 6.39. The average molecular weight is 421 g/mol. The first-order valence-electron chi connectivity index (χ1n) is 10.1. The van der Waals surface area contributed by atoms with Crippen LogP contribution < -0.4 is 10.6 Å². The number of anilines is 2. The van der Waals surface area contributed by atoms with E-state index in [2.05, 4.69) is 15.6 Å². The van der Waals surface area contributed by atoms with Crippen molar-refractivity contribution in [1.82, 2.24) is 15.2 Å². The molecule has 0 radical (unpaired) electrons. The number of hydrogen-bond donors (Lipinski definition) is 2. The molecular formula is C23H24N4O2S. The quantitative estimate of drug-likeness (QED) is 0.544. The molecule has 1 saturated carbocycles. The van der Waals surface area contributed by atoms with Crippen molar-refractivity contribution in [2.24, 2.45) is 0 Å². The first kappa shape index (κ1) is 20.1. The third-order valence-corrected chi connectivity index (χ3v) is 5.56. The number of thiazole rings is 1. The highest BCUT2D eigenvalue weighted by molar-refractivity contribution is 7.14. The van der Waals surface area contributed by atoms with Crippen LogP contribution in [0.3, 0.4) is 0 Å². The third kappa shape index (κ3) is 5.67. The summed E-state index contributed by atoms with van der Waals surface area (Å²) in [7, 11) is 0. The van der Waals surface area contributed by atoms with Crippen molar-refractivity contribution < 1.29 is 9.59 Å². The van der Waals surface area contributed by atoms with Crippen molar-refractivity contribution in [3.8, 4) is 0 Å². The number of aromatic nitrogens is 1. The van der Waals surface area contributed by atoms with E-state index in [0.717, 1.165) is 24.1 Å². The van der Waals surface area contributed by atoms with E-state index in [1.807, 2.05) is 60.7 Å². The number of nitrogens with zero attached hydrogens (tertiary/aromatic N) is 2. The van der Waals surface area contributed by atoms with Gasteiger partial charge in [0.1, 0.15) is 5.69 Å². The van der Waals surface area contributed by atoms with Gasteiger partial charge in [-0.25, -0.2) is 4.98 Å².